The molecule has 1 saturated heterocycles. The molecule has 0 bridgehead atoms. The van der Waals surface area contributed by atoms with E-state index in [4.69, 9.17) is 11.6 Å². The van der Waals surface area contributed by atoms with E-state index in [0.29, 0.717) is 0 Å². The first kappa shape index (κ1) is 10.8. The number of hydrogen-bond acceptors (Lipinski definition) is 2. The van der Waals surface area contributed by atoms with E-state index in [9.17, 15) is 0 Å². The molecule has 1 aliphatic rings. The number of fused-ring (bicyclic) bond motifs is 1. The Kier molecular flexibility index (Phi) is 2.89. The van der Waals surface area contributed by atoms with Gasteiger partial charge in [-0.25, -0.2) is 0 Å². The monoisotopic (exact) mass is 246 g/mol. The van der Waals surface area contributed by atoms with Crippen LogP contribution in [0.25, 0.3) is 10.9 Å². The first-order valence-electron chi connectivity index (χ1n) is 6.14. The minimum Gasteiger partial charge on any atom is -0.372 e. The van der Waals surface area contributed by atoms with Crippen molar-refractivity contribution in [3.05, 3.63) is 35.5 Å². The molecule has 2 nitrogen and oxygen atoms in total. The second kappa shape index (κ2) is 4.53. The molecule has 0 N–H and O–H groups in total. The predicted molar refractivity (Wildman–Crippen MR) is 72.8 cm³/mol. The van der Waals surface area contributed by atoms with Crippen molar-refractivity contribution in [2.75, 3.05) is 18.0 Å². The minimum atomic E-state index is 0.786. The molecule has 0 unspecified atom stereocenters. The highest BCUT2D eigenvalue weighted by Crippen LogP contribution is 2.27. The highest BCUT2D eigenvalue weighted by molar-refractivity contribution is 6.35. The molecule has 0 aliphatic carbocycles. The first-order valence-corrected chi connectivity index (χ1v) is 6.51. The predicted octanol–water partition coefficient (Wildman–Crippen LogP) is 3.88. The molecule has 0 radical (unpaired) electrons. The summed E-state index contributed by atoms with van der Waals surface area (Å²) in [6.07, 6.45) is 5.69. The number of piperidine rings is 1. The van der Waals surface area contributed by atoms with Crippen LogP contribution in [-0.4, -0.2) is 18.1 Å². The van der Waals surface area contributed by atoms with Gasteiger partial charge in [0.2, 0.25) is 0 Å². The summed E-state index contributed by atoms with van der Waals surface area (Å²) in [5.74, 6) is 0. The Balaban J connectivity index is 2.03. The van der Waals surface area contributed by atoms with Crippen molar-refractivity contribution >= 4 is 28.2 Å². The fourth-order valence-electron chi connectivity index (χ4n) is 2.45. The summed E-state index contributed by atoms with van der Waals surface area (Å²) in [7, 11) is 0. The molecular weight excluding hydrogens is 232 g/mol. The van der Waals surface area contributed by atoms with E-state index in [0.717, 1.165) is 29.0 Å². The zero-order valence-electron chi connectivity index (χ0n) is 9.69. The highest BCUT2D eigenvalue weighted by atomic mass is 35.5. The van der Waals surface area contributed by atoms with Crippen LogP contribution in [0.5, 0.6) is 0 Å². The third-order valence-corrected chi connectivity index (χ3v) is 3.72. The number of hydrogen-bond donors (Lipinski definition) is 0. The molecule has 1 aliphatic heterocycles. The molecule has 0 amide bonds. The van der Waals surface area contributed by atoms with E-state index in [1.54, 1.807) is 6.20 Å². The van der Waals surface area contributed by atoms with Gasteiger partial charge in [-0.3, -0.25) is 4.98 Å². The summed E-state index contributed by atoms with van der Waals surface area (Å²) in [4.78, 5) is 6.76. The molecule has 2 aromatic rings. The van der Waals surface area contributed by atoms with Gasteiger partial charge in [0.15, 0.2) is 0 Å². The van der Waals surface area contributed by atoms with Gasteiger partial charge < -0.3 is 4.90 Å². The number of nitrogens with zero attached hydrogens (tertiary/aromatic N) is 2. The first-order chi connectivity index (χ1) is 8.34. The van der Waals surface area contributed by atoms with Crippen molar-refractivity contribution < 1.29 is 0 Å². The standard InChI is InChI=1S/C14H15ClN2/c15-13-6-7-16-14-5-4-11(10-12(13)14)17-8-2-1-3-9-17/h4-7,10H,1-3,8-9H2. The van der Waals surface area contributed by atoms with Gasteiger partial charge in [-0.1, -0.05) is 11.6 Å². The van der Waals surface area contributed by atoms with Crippen molar-refractivity contribution in [2.24, 2.45) is 0 Å². The van der Waals surface area contributed by atoms with Crippen LogP contribution < -0.4 is 4.90 Å². The zero-order valence-corrected chi connectivity index (χ0v) is 10.5. The Labute approximate surface area is 106 Å². The van der Waals surface area contributed by atoms with Crippen LogP contribution in [-0.2, 0) is 0 Å². The maximum absolute atomic E-state index is 6.21. The molecule has 1 fully saturated rings. The van der Waals surface area contributed by atoms with Crippen molar-refractivity contribution in [2.45, 2.75) is 19.3 Å². The molecule has 0 spiro atoms. The van der Waals surface area contributed by atoms with Crippen LogP contribution >= 0.6 is 11.6 Å². The summed E-state index contributed by atoms with van der Waals surface area (Å²) in [6, 6.07) is 8.22. The lowest BCUT2D eigenvalue weighted by Crippen LogP contribution is -2.29. The van der Waals surface area contributed by atoms with E-state index in [1.165, 1.54) is 24.9 Å². The maximum Gasteiger partial charge on any atom is 0.0718 e. The summed E-state index contributed by atoms with van der Waals surface area (Å²) in [5, 5.41) is 1.84. The normalized spacial score (nSPS) is 16.4. The van der Waals surface area contributed by atoms with Gasteiger partial charge in [-0.2, -0.15) is 0 Å². The molecule has 17 heavy (non-hydrogen) atoms. The number of benzene rings is 1. The van der Waals surface area contributed by atoms with E-state index in [-0.39, 0.29) is 0 Å². The van der Waals surface area contributed by atoms with Crippen molar-refractivity contribution in [1.29, 1.82) is 0 Å². The van der Waals surface area contributed by atoms with E-state index < -0.39 is 0 Å². The topological polar surface area (TPSA) is 16.1 Å². The largest absolute Gasteiger partial charge is 0.372 e. The Hall–Kier alpha value is -1.28. The maximum atomic E-state index is 6.21. The second-order valence-electron chi connectivity index (χ2n) is 4.54. The van der Waals surface area contributed by atoms with E-state index in [1.807, 2.05) is 6.07 Å². The average molecular weight is 247 g/mol. The molecule has 1 aromatic heterocycles. The molecule has 88 valence electrons. The Morgan fingerprint density at radius 3 is 2.71 bits per heavy atom. The quantitative estimate of drug-likeness (QED) is 0.759. The van der Waals surface area contributed by atoms with Gasteiger partial charge >= 0.3 is 0 Å². The average Bonchev–Trinajstić information content (AvgIpc) is 2.40. The SMILES string of the molecule is Clc1ccnc2ccc(N3CCCCC3)cc12. The smallest absolute Gasteiger partial charge is 0.0718 e. The van der Waals surface area contributed by atoms with Crippen LogP contribution in [0.2, 0.25) is 5.02 Å². The van der Waals surface area contributed by atoms with Gasteiger partial charge in [0, 0.05) is 30.4 Å². The van der Waals surface area contributed by atoms with Gasteiger partial charge in [0.25, 0.3) is 0 Å². The highest BCUT2D eigenvalue weighted by Gasteiger charge is 2.11. The molecule has 0 atom stereocenters. The van der Waals surface area contributed by atoms with E-state index in [2.05, 4.69) is 28.1 Å². The fraction of sp³-hybridized carbons (Fsp3) is 0.357. The van der Waals surface area contributed by atoms with Crippen molar-refractivity contribution in [3.63, 3.8) is 0 Å². The van der Waals surface area contributed by atoms with Crippen LogP contribution in [0.3, 0.4) is 0 Å². The van der Waals surface area contributed by atoms with Crippen LogP contribution in [0.4, 0.5) is 5.69 Å². The lowest BCUT2D eigenvalue weighted by Gasteiger charge is -2.29. The summed E-state index contributed by atoms with van der Waals surface area (Å²) >= 11 is 6.21. The number of anilines is 1. The summed E-state index contributed by atoms with van der Waals surface area (Å²) in [6.45, 7) is 2.31. The minimum absolute atomic E-state index is 0.786. The third kappa shape index (κ3) is 2.09. The Morgan fingerprint density at radius 2 is 1.88 bits per heavy atom. The Bertz CT molecular complexity index is 533. The fourth-order valence-corrected chi connectivity index (χ4v) is 2.66. The van der Waals surface area contributed by atoms with E-state index >= 15 is 0 Å². The van der Waals surface area contributed by atoms with Crippen LogP contribution in [0, 0.1) is 0 Å². The molecule has 1 aromatic carbocycles. The van der Waals surface area contributed by atoms with Gasteiger partial charge in [0.05, 0.1) is 10.5 Å². The third-order valence-electron chi connectivity index (χ3n) is 3.39. The number of aromatic nitrogens is 1. The molecular formula is C14H15ClN2. The zero-order chi connectivity index (χ0) is 11.7. The lowest BCUT2D eigenvalue weighted by molar-refractivity contribution is 0.578. The van der Waals surface area contributed by atoms with Gasteiger partial charge in [-0.05, 0) is 43.5 Å². The molecule has 3 heteroatoms. The number of rotatable bonds is 1. The number of pyridine rings is 1. The van der Waals surface area contributed by atoms with Crippen molar-refractivity contribution in [3.8, 4) is 0 Å². The van der Waals surface area contributed by atoms with Crippen LogP contribution in [0.1, 0.15) is 19.3 Å². The lowest BCUT2D eigenvalue weighted by atomic mass is 10.1. The van der Waals surface area contributed by atoms with Gasteiger partial charge in [-0.15, -0.1) is 0 Å². The summed E-state index contributed by atoms with van der Waals surface area (Å²) < 4.78 is 0. The summed E-state index contributed by atoms with van der Waals surface area (Å²) in [5.41, 5.74) is 2.24. The van der Waals surface area contributed by atoms with Gasteiger partial charge in [0.1, 0.15) is 0 Å². The molecule has 0 saturated carbocycles. The number of halogens is 1. The molecule has 2 heterocycles. The molecule has 3 rings (SSSR count). The second-order valence-corrected chi connectivity index (χ2v) is 4.95. The van der Waals surface area contributed by atoms with Crippen molar-refractivity contribution in [1.82, 2.24) is 4.98 Å². The van der Waals surface area contributed by atoms with Crippen LogP contribution in [0.15, 0.2) is 30.5 Å². The Morgan fingerprint density at radius 1 is 1.06 bits per heavy atom.